The molecule has 0 spiro atoms. The number of nitrogens with one attached hydrogen (secondary N) is 2. The average Bonchev–Trinajstić information content (AvgIpc) is 3.09. The van der Waals surface area contributed by atoms with E-state index in [1.54, 1.807) is 4.57 Å². The van der Waals surface area contributed by atoms with E-state index in [0.29, 0.717) is 12.1 Å². The maximum atomic E-state index is 12.8. The summed E-state index contributed by atoms with van der Waals surface area (Å²) in [7, 11) is 0. The summed E-state index contributed by atoms with van der Waals surface area (Å²) in [5, 5.41) is 6.24. The minimum absolute atomic E-state index is 0. The van der Waals surface area contributed by atoms with Crippen LogP contribution in [0.2, 0.25) is 0 Å². The fraction of sp³-hybridized carbons (Fsp3) is 0.667. The summed E-state index contributed by atoms with van der Waals surface area (Å²) in [5.74, 6) is -0.236. The molecule has 0 bridgehead atoms. The van der Waals surface area contributed by atoms with Gasteiger partial charge in [-0.05, 0) is 70.4 Å². The third-order valence-corrected chi connectivity index (χ3v) is 5.17. The topological polar surface area (TPSA) is 66.4 Å². The number of rotatable bonds is 5. The highest BCUT2D eigenvalue weighted by molar-refractivity contribution is 5.95. The predicted molar refractivity (Wildman–Crippen MR) is 109 cm³/mol. The molecule has 2 aliphatic heterocycles. The minimum atomic E-state index is -0.236. The van der Waals surface area contributed by atoms with E-state index in [0.717, 1.165) is 51.1 Å². The Morgan fingerprint density at radius 3 is 2.54 bits per heavy atom. The van der Waals surface area contributed by atoms with Crippen LogP contribution in [-0.2, 0) is 0 Å². The molecule has 3 heterocycles. The van der Waals surface area contributed by atoms with E-state index in [4.69, 9.17) is 0 Å². The van der Waals surface area contributed by atoms with Crippen molar-refractivity contribution in [3.05, 3.63) is 33.7 Å². The normalized spacial score (nSPS) is 18.0. The van der Waals surface area contributed by atoms with Crippen molar-refractivity contribution in [1.82, 2.24) is 20.1 Å². The number of carbonyl (C=O) groups excluding carboxylic acids is 1. The summed E-state index contributed by atoms with van der Waals surface area (Å²) < 4.78 is 1.75. The molecule has 0 radical (unpaired) electrons. The quantitative estimate of drug-likeness (QED) is 0.784. The molecule has 3 rings (SSSR count). The van der Waals surface area contributed by atoms with Gasteiger partial charge in [0.1, 0.15) is 5.56 Å². The SMILES string of the molecule is Cc1ccn(C2CCNCC2)c(=O)c1C(=O)NCCN1CCCC1.Cl.Cl. The summed E-state index contributed by atoms with van der Waals surface area (Å²) in [5.41, 5.74) is 0.905. The first kappa shape index (κ1) is 23.0. The Morgan fingerprint density at radius 1 is 1.23 bits per heavy atom. The van der Waals surface area contributed by atoms with Gasteiger partial charge in [0.25, 0.3) is 11.5 Å². The van der Waals surface area contributed by atoms with E-state index in [-0.39, 0.29) is 42.3 Å². The van der Waals surface area contributed by atoms with Gasteiger partial charge in [0, 0.05) is 25.3 Å². The zero-order valence-electron chi connectivity index (χ0n) is 15.3. The standard InChI is InChI=1S/C18H28N4O2.2ClH/c1-14-6-12-22(15-4-7-19-8-5-15)18(24)16(14)17(23)20-9-13-21-10-2-3-11-21;;/h6,12,15,19H,2-5,7-11,13H2,1H3,(H,20,23);2*1H. The second-order valence-electron chi connectivity index (χ2n) is 6.87. The molecule has 1 amide bonds. The molecule has 2 fully saturated rings. The highest BCUT2D eigenvalue weighted by atomic mass is 35.5. The Balaban J connectivity index is 0.00000169. The van der Waals surface area contributed by atoms with E-state index in [9.17, 15) is 9.59 Å². The molecule has 26 heavy (non-hydrogen) atoms. The monoisotopic (exact) mass is 404 g/mol. The smallest absolute Gasteiger partial charge is 0.263 e. The van der Waals surface area contributed by atoms with E-state index >= 15 is 0 Å². The minimum Gasteiger partial charge on any atom is -0.351 e. The number of nitrogens with zero attached hydrogens (tertiary/aromatic N) is 2. The molecular weight excluding hydrogens is 375 g/mol. The van der Waals surface area contributed by atoms with Crippen LogP contribution >= 0.6 is 24.8 Å². The number of likely N-dealkylation sites (tertiary alicyclic amines) is 1. The Bertz CT molecular complexity index is 639. The van der Waals surface area contributed by atoms with Crippen molar-refractivity contribution in [2.24, 2.45) is 0 Å². The van der Waals surface area contributed by atoms with Crippen LogP contribution in [0.15, 0.2) is 17.1 Å². The van der Waals surface area contributed by atoms with Crippen molar-refractivity contribution in [3.8, 4) is 0 Å². The number of pyridine rings is 1. The second-order valence-corrected chi connectivity index (χ2v) is 6.87. The summed E-state index contributed by atoms with van der Waals surface area (Å²) in [4.78, 5) is 27.7. The van der Waals surface area contributed by atoms with Crippen molar-refractivity contribution >= 4 is 30.7 Å². The Labute approximate surface area is 167 Å². The van der Waals surface area contributed by atoms with E-state index < -0.39 is 0 Å². The maximum absolute atomic E-state index is 12.8. The second kappa shape index (κ2) is 10.9. The van der Waals surface area contributed by atoms with Crippen LogP contribution in [0.5, 0.6) is 0 Å². The van der Waals surface area contributed by atoms with Gasteiger partial charge in [0.2, 0.25) is 0 Å². The van der Waals surface area contributed by atoms with Crippen molar-refractivity contribution in [2.45, 2.75) is 38.6 Å². The number of piperidine rings is 1. The van der Waals surface area contributed by atoms with Crippen molar-refractivity contribution in [1.29, 1.82) is 0 Å². The lowest BCUT2D eigenvalue weighted by Crippen LogP contribution is -2.40. The number of carbonyl (C=O) groups is 1. The third-order valence-electron chi connectivity index (χ3n) is 5.17. The van der Waals surface area contributed by atoms with Crippen LogP contribution in [0.1, 0.15) is 47.6 Å². The van der Waals surface area contributed by atoms with Gasteiger partial charge in [-0.15, -0.1) is 24.8 Å². The third kappa shape index (κ3) is 5.46. The van der Waals surface area contributed by atoms with Gasteiger partial charge in [-0.25, -0.2) is 0 Å². The van der Waals surface area contributed by atoms with Gasteiger partial charge in [-0.2, -0.15) is 0 Å². The van der Waals surface area contributed by atoms with Crippen LogP contribution in [0.3, 0.4) is 0 Å². The van der Waals surface area contributed by atoms with E-state index in [1.807, 2.05) is 19.2 Å². The lowest BCUT2D eigenvalue weighted by molar-refractivity contribution is 0.0946. The highest BCUT2D eigenvalue weighted by Gasteiger charge is 2.21. The maximum Gasteiger partial charge on any atom is 0.263 e. The zero-order valence-corrected chi connectivity index (χ0v) is 17.0. The van der Waals surface area contributed by atoms with Crippen LogP contribution in [0, 0.1) is 6.92 Å². The van der Waals surface area contributed by atoms with Crippen LogP contribution in [0.4, 0.5) is 0 Å². The van der Waals surface area contributed by atoms with Gasteiger partial charge in [-0.3, -0.25) is 9.59 Å². The van der Waals surface area contributed by atoms with E-state index in [2.05, 4.69) is 15.5 Å². The van der Waals surface area contributed by atoms with Gasteiger partial charge < -0.3 is 20.1 Å². The molecule has 0 atom stereocenters. The van der Waals surface area contributed by atoms with Crippen molar-refractivity contribution < 1.29 is 4.79 Å². The zero-order chi connectivity index (χ0) is 16.9. The molecule has 1 aromatic rings. The molecule has 2 N–H and O–H groups in total. The van der Waals surface area contributed by atoms with Crippen molar-refractivity contribution in [2.75, 3.05) is 39.3 Å². The molecule has 1 aromatic heterocycles. The molecule has 0 unspecified atom stereocenters. The first-order valence-electron chi connectivity index (χ1n) is 9.10. The molecule has 8 heteroatoms. The number of hydrogen-bond donors (Lipinski definition) is 2. The molecule has 0 saturated carbocycles. The number of aryl methyl sites for hydroxylation is 1. The predicted octanol–water partition coefficient (Wildman–Crippen LogP) is 1.75. The Morgan fingerprint density at radius 2 is 1.88 bits per heavy atom. The van der Waals surface area contributed by atoms with Gasteiger partial charge >= 0.3 is 0 Å². The Hall–Kier alpha value is -1.08. The molecular formula is C18H30Cl2N4O2. The largest absolute Gasteiger partial charge is 0.351 e. The summed E-state index contributed by atoms with van der Waals surface area (Å²) in [6, 6.07) is 2.08. The number of aromatic nitrogens is 1. The van der Waals surface area contributed by atoms with Gasteiger partial charge in [0.15, 0.2) is 0 Å². The average molecular weight is 405 g/mol. The molecule has 6 nitrogen and oxygen atoms in total. The molecule has 0 aliphatic carbocycles. The fourth-order valence-electron chi connectivity index (χ4n) is 3.71. The Kier molecular flexibility index (Phi) is 9.64. The summed E-state index contributed by atoms with van der Waals surface area (Å²) >= 11 is 0. The van der Waals surface area contributed by atoms with Crippen LogP contribution < -0.4 is 16.2 Å². The molecule has 148 valence electrons. The number of halogens is 2. The lowest BCUT2D eigenvalue weighted by atomic mass is 10.0. The van der Waals surface area contributed by atoms with Crippen LogP contribution in [-0.4, -0.2) is 54.6 Å². The van der Waals surface area contributed by atoms with Gasteiger partial charge in [0.05, 0.1) is 0 Å². The lowest BCUT2D eigenvalue weighted by Gasteiger charge is -2.25. The molecule has 2 saturated heterocycles. The molecule has 0 aromatic carbocycles. The number of hydrogen-bond acceptors (Lipinski definition) is 4. The first-order chi connectivity index (χ1) is 11.7. The first-order valence-corrected chi connectivity index (χ1v) is 9.10. The summed E-state index contributed by atoms with van der Waals surface area (Å²) in [6.45, 7) is 7.36. The van der Waals surface area contributed by atoms with E-state index in [1.165, 1.54) is 12.8 Å². The van der Waals surface area contributed by atoms with Gasteiger partial charge in [-0.1, -0.05) is 0 Å². The number of amides is 1. The molecule has 2 aliphatic rings. The van der Waals surface area contributed by atoms with Crippen molar-refractivity contribution in [3.63, 3.8) is 0 Å². The summed E-state index contributed by atoms with van der Waals surface area (Å²) in [6.07, 6.45) is 6.19. The van der Waals surface area contributed by atoms with Crippen LogP contribution in [0.25, 0.3) is 0 Å². The fourth-order valence-corrected chi connectivity index (χ4v) is 3.71. The highest BCUT2D eigenvalue weighted by Crippen LogP contribution is 2.17.